The van der Waals surface area contributed by atoms with Crippen LogP contribution in [0.4, 0.5) is 0 Å². The van der Waals surface area contributed by atoms with Crippen molar-refractivity contribution < 1.29 is 9.90 Å². The molecule has 0 aromatic heterocycles. The quantitative estimate of drug-likeness (QED) is 0.732. The summed E-state index contributed by atoms with van der Waals surface area (Å²) in [6, 6.07) is -0.248. The van der Waals surface area contributed by atoms with Gasteiger partial charge >= 0.3 is 90.5 Å². The van der Waals surface area contributed by atoms with Crippen LogP contribution in [0.5, 0.6) is 0 Å². The number of hydrogen-bond acceptors (Lipinski definition) is 2. The first kappa shape index (κ1) is 10.5. The van der Waals surface area contributed by atoms with Crippen LogP contribution < -0.4 is 5.32 Å². The molecule has 1 heterocycles. The Hall–Kier alpha value is -0.0505. The first-order valence-corrected chi connectivity index (χ1v) is 7.58. The van der Waals surface area contributed by atoms with E-state index in [1.807, 2.05) is 0 Å². The SMILES string of the molecule is O=C(O)C1C[Se]C(C2CCCCC2)N1. The van der Waals surface area contributed by atoms with E-state index in [1.165, 1.54) is 32.1 Å². The number of carbonyl (C=O) groups is 1. The number of nitrogens with one attached hydrogen (secondary N) is 1. The van der Waals surface area contributed by atoms with Crippen molar-refractivity contribution in [2.75, 3.05) is 0 Å². The van der Waals surface area contributed by atoms with Gasteiger partial charge in [0.05, 0.1) is 0 Å². The summed E-state index contributed by atoms with van der Waals surface area (Å²) in [5.41, 5.74) is 0. The number of aliphatic carboxylic acids is 1. The zero-order valence-electron chi connectivity index (χ0n) is 8.24. The molecule has 2 aliphatic rings. The van der Waals surface area contributed by atoms with Gasteiger partial charge in [0.25, 0.3) is 0 Å². The Bertz CT molecular complexity index is 216. The Morgan fingerprint density at radius 2 is 2.00 bits per heavy atom. The van der Waals surface area contributed by atoms with Gasteiger partial charge in [-0.1, -0.05) is 0 Å². The summed E-state index contributed by atoms with van der Waals surface area (Å²) in [7, 11) is 0. The van der Waals surface area contributed by atoms with E-state index in [0.717, 1.165) is 11.2 Å². The summed E-state index contributed by atoms with van der Waals surface area (Å²) >= 11 is 0.505. The molecule has 0 bridgehead atoms. The van der Waals surface area contributed by atoms with E-state index in [1.54, 1.807) is 0 Å². The van der Waals surface area contributed by atoms with Crippen molar-refractivity contribution in [3.63, 3.8) is 0 Å². The van der Waals surface area contributed by atoms with Gasteiger partial charge in [-0.15, -0.1) is 0 Å². The zero-order valence-corrected chi connectivity index (χ0v) is 9.95. The van der Waals surface area contributed by atoms with Crippen LogP contribution in [0.1, 0.15) is 32.1 Å². The summed E-state index contributed by atoms with van der Waals surface area (Å²) in [5.74, 6) is 0.110. The molecule has 2 unspecified atom stereocenters. The molecule has 0 amide bonds. The van der Waals surface area contributed by atoms with Crippen LogP contribution in [0, 0.1) is 5.92 Å². The van der Waals surface area contributed by atoms with E-state index in [9.17, 15) is 4.79 Å². The van der Waals surface area contributed by atoms with Gasteiger partial charge in [-0.05, 0) is 0 Å². The fraction of sp³-hybridized carbons (Fsp3) is 0.900. The molecule has 0 spiro atoms. The van der Waals surface area contributed by atoms with Crippen molar-refractivity contribution in [1.82, 2.24) is 5.32 Å². The Morgan fingerprint density at radius 3 is 2.57 bits per heavy atom. The van der Waals surface area contributed by atoms with Gasteiger partial charge in [0, 0.05) is 0 Å². The second kappa shape index (κ2) is 4.65. The van der Waals surface area contributed by atoms with E-state index in [2.05, 4.69) is 5.32 Å². The molecule has 0 aromatic rings. The fourth-order valence-corrected chi connectivity index (χ4v) is 5.37. The number of hydrogen-bond donors (Lipinski definition) is 2. The first-order valence-electron chi connectivity index (χ1n) is 5.38. The number of carboxylic acids is 1. The van der Waals surface area contributed by atoms with Gasteiger partial charge in [-0.25, -0.2) is 0 Å². The second-order valence-electron chi connectivity index (χ2n) is 4.21. The predicted molar refractivity (Wildman–Crippen MR) is 55.5 cm³/mol. The average molecular weight is 262 g/mol. The Morgan fingerprint density at radius 1 is 1.29 bits per heavy atom. The van der Waals surface area contributed by atoms with E-state index in [-0.39, 0.29) is 6.04 Å². The third kappa shape index (κ3) is 2.30. The zero-order chi connectivity index (χ0) is 9.97. The molecular formula is C10H17NO2Se. The molecule has 1 aliphatic carbocycles. The molecule has 1 saturated carbocycles. The molecule has 3 nitrogen and oxygen atoms in total. The molecule has 2 N–H and O–H groups in total. The Kier molecular flexibility index (Phi) is 3.47. The van der Waals surface area contributed by atoms with E-state index in [0.29, 0.717) is 19.9 Å². The van der Waals surface area contributed by atoms with Crippen molar-refractivity contribution in [2.45, 2.75) is 48.4 Å². The van der Waals surface area contributed by atoms with Gasteiger partial charge in [-0.3, -0.25) is 0 Å². The molecular weight excluding hydrogens is 245 g/mol. The summed E-state index contributed by atoms with van der Waals surface area (Å²) in [6.07, 6.45) is 6.68. The first-order chi connectivity index (χ1) is 6.77. The topological polar surface area (TPSA) is 49.3 Å². The maximum atomic E-state index is 10.8. The summed E-state index contributed by atoms with van der Waals surface area (Å²) < 4.78 is 0. The molecule has 0 radical (unpaired) electrons. The van der Waals surface area contributed by atoms with Crippen LogP contribution in [-0.4, -0.2) is 37.0 Å². The van der Waals surface area contributed by atoms with Gasteiger partial charge in [-0.2, -0.15) is 0 Å². The standard InChI is InChI=1S/C10H17NO2Se/c12-10(13)8-6-14-9(11-8)7-4-2-1-3-5-7/h7-9,11H,1-6H2,(H,12,13). The van der Waals surface area contributed by atoms with Gasteiger partial charge in [0.15, 0.2) is 0 Å². The van der Waals surface area contributed by atoms with E-state index in [4.69, 9.17) is 5.11 Å². The average Bonchev–Trinajstić information content (AvgIpc) is 2.68. The summed E-state index contributed by atoms with van der Waals surface area (Å²) in [6.45, 7) is 0. The number of carboxylic acid groups (broad SMARTS) is 1. The molecule has 2 atom stereocenters. The van der Waals surface area contributed by atoms with Crippen molar-refractivity contribution in [1.29, 1.82) is 0 Å². The molecule has 0 aromatic carbocycles. The summed E-state index contributed by atoms with van der Waals surface area (Å²) in [4.78, 5) is 11.3. The number of rotatable bonds is 2. The van der Waals surface area contributed by atoms with Crippen LogP contribution in [0.15, 0.2) is 0 Å². The van der Waals surface area contributed by atoms with Gasteiger partial charge in [0.2, 0.25) is 0 Å². The van der Waals surface area contributed by atoms with Crippen molar-refractivity contribution >= 4 is 20.9 Å². The van der Waals surface area contributed by atoms with Crippen LogP contribution in [0.2, 0.25) is 5.32 Å². The van der Waals surface area contributed by atoms with E-state index < -0.39 is 5.97 Å². The monoisotopic (exact) mass is 263 g/mol. The van der Waals surface area contributed by atoms with E-state index >= 15 is 0 Å². The van der Waals surface area contributed by atoms with Crippen LogP contribution in [-0.2, 0) is 4.79 Å². The van der Waals surface area contributed by atoms with Gasteiger partial charge < -0.3 is 0 Å². The minimum absolute atomic E-state index is 0.248. The van der Waals surface area contributed by atoms with Crippen LogP contribution in [0.3, 0.4) is 0 Å². The molecule has 1 aliphatic heterocycles. The molecule has 4 heteroatoms. The fourth-order valence-electron chi connectivity index (χ4n) is 2.35. The minimum atomic E-state index is -0.662. The molecule has 14 heavy (non-hydrogen) atoms. The van der Waals surface area contributed by atoms with Gasteiger partial charge in [0.1, 0.15) is 0 Å². The van der Waals surface area contributed by atoms with Crippen molar-refractivity contribution in [3.8, 4) is 0 Å². The molecule has 2 fully saturated rings. The normalized spacial score (nSPS) is 34.6. The molecule has 2 rings (SSSR count). The van der Waals surface area contributed by atoms with Crippen molar-refractivity contribution in [2.24, 2.45) is 5.92 Å². The second-order valence-corrected chi connectivity index (χ2v) is 6.67. The van der Waals surface area contributed by atoms with Crippen LogP contribution in [0.25, 0.3) is 0 Å². The van der Waals surface area contributed by atoms with Crippen molar-refractivity contribution in [3.05, 3.63) is 0 Å². The Labute approximate surface area is 90.8 Å². The maximum absolute atomic E-state index is 10.8. The molecule has 1 saturated heterocycles. The third-order valence-corrected chi connectivity index (χ3v) is 6.13. The Balaban J connectivity index is 1.85. The molecule has 80 valence electrons. The predicted octanol–water partition coefficient (Wildman–Crippen LogP) is 1.07. The summed E-state index contributed by atoms with van der Waals surface area (Å²) in [5, 5.41) is 13.0. The van der Waals surface area contributed by atoms with Crippen LogP contribution >= 0.6 is 0 Å². The third-order valence-electron chi connectivity index (χ3n) is 3.18.